The van der Waals surface area contributed by atoms with Crippen LogP contribution in [0, 0.1) is 41.5 Å². The molecule has 2 heteroatoms. The molecule has 1 aliphatic rings. The van der Waals surface area contributed by atoms with E-state index in [2.05, 4.69) is 90.1 Å². The molecule has 4 aromatic rings. The van der Waals surface area contributed by atoms with Crippen molar-refractivity contribution >= 4 is 33.8 Å². The zero-order valence-electron chi connectivity index (χ0n) is 20.6. The normalized spacial score (nSPS) is 13.9. The quantitative estimate of drug-likeness (QED) is 0.279. The third kappa shape index (κ3) is 3.94. The van der Waals surface area contributed by atoms with E-state index < -0.39 is 0 Å². The molecule has 0 saturated heterocycles. The van der Waals surface area contributed by atoms with Gasteiger partial charge in [-0.15, -0.1) is 22.7 Å². The third-order valence-electron chi connectivity index (χ3n) is 7.09. The van der Waals surface area contributed by atoms with E-state index in [4.69, 9.17) is 0 Å². The smallest absolute Gasteiger partial charge is 0.0381 e. The second kappa shape index (κ2) is 8.74. The van der Waals surface area contributed by atoms with Gasteiger partial charge in [0.1, 0.15) is 0 Å². The zero-order chi connectivity index (χ0) is 23.3. The summed E-state index contributed by atoms with van der Waals surface area (Å²) in [6.07, 6.45) is 3.64. The average Bonchev–Trinajstić information content (AvgIpc) is 3.45. The van der Waals surface area contributed by atoms with Crippen molar-refractivity contribution in [3.8, 4) is 20.9 Å². The molecule has 2 aromatic heterocycles. The van der Waals surface area contributed by atoms with Crippen LogP contribution in [0.25, 0.3) is 32.0 Å². The molecule has 0 nitrogen and oxygen atoms in total. The number of hydrogen-bond acceptors (Lipinski definition) is 2. The van der Waals surface area contributed by atoms with Crippen molar-refractivity contribution in [2.45, 2.75) is 60.8 Å². The molecule has 2 aromatic carbocycles. The Hall–Kier alpha value is -2.42. The van der Waals surface area contributed by atoms with Crippen molar-refractivity contribution in [2.24, 2.45) is 0 Å². The van der Waals surface area contributed by atoms with Crippen molar-refractivity contribution in [1.29, 1.82) is 0 Å². The number of aryl methyl sites for hydroxylation is 4. The van der Waals surface area contributed by atoms with Gasteiger partial charge in [-0.05, 0) is 105 Å². The van der Waals surface area contributed by atoms with Gasteiger partial charge in [0, 0.05) is 19.5 Å². The number of allylic oxidation sites excluding steroid dienone is 2. The van der Waals surface area contributed by atoms with Crippen LogP contribution >= 0.6 is 22.7 Å². The molecule has 0 radical (unpaired) electrons. The summed E-state index contributed by atoms with van der Waals surface area (Å²) in [6.45, 7) is 13.6. The SMILES string of the molecule is Cc1ccc(-c2sc(C)c(C3=C(c4c(C)sc(-c5ccc(C)cc5)c4C)CCC3)c2C)cc1. The zero-order valence-corrected chi connectivity index (χ0v) is 22.2. The van der Waals surface area contributed by atoms with E-state index in [-0.39, 0.29) is 0 Å². The Morgan fingerprint density at radius 1 is 0.515 bits per heavy atom. The van der Waals surface area contributed by atoms with Crippen LogP contribution in [-0.4, -0.2) is 0 Å². The minimum Gasteiger partial charge on any atom is -0.140 e. The topological polar surface area (TPSA) is 0 Å². The molecule has 0 unspecified atom stereocenters. The summed E-state index contributed by atoms with van der Waals surface area (Å²) < 4.78 is 0. The van der Waals surface area contributed by atoms with Crippen LogP contribution in [0.2, 0.25) is 0 Å². The maximum atomic E-state index is 2.34. The molecule has 0 amide bonds. The van der Waals surface area contributed by atoms with Gasteiger partial charge in [-0.1, -0.05) is 59.7 Å². The van der Waals surface area contributed by atoms with E-state index in [9.17, 15) is 0 Å². The first-order valence-corrected chi connectivity index (χ1v) is 13.5. The first-order chi connectivity index (χ1) is 15.8. The van der Waals surface area contributed by atoms with Gasteiger partial charge in [0.15, 0.2) is 0 Å². The third-order valence-corrected chi connectivity index (χ3v) is 9.61. The van der Waals surface area contributed by atoms with E-state index >= 15 is 0 Å². The molecule has 2 heterocycles. The molecule has 0 atom stereocenters. The fourth-order valence-electron chi connectivity index (χ4n) is 5.45. The highest BCUT2D eigenvalue weighted by Gasteiger charge is 2.27. The van der Waals surface area contributed by atoms with E-state index in [1.54, 1.807) is 11.1 Å². The van der Waals surface area contributed by atoms with Crippen molar-refractivity contribution in [3.05, 3.63) is 91.7 Å². The fourth-order valence-corrected chi connectivity index (χ4v) is 7.84. The summed E-state index contributed by atoms with van der Waals surface area (Å²) in [4.78, 5) is 5.78. The Bertz CT molecular complexity index is 1250. The average molecular weight is 469 g/mol. The summed E-state index contributed by atoms with van der Waals surface area (Å²) in [7, 11) is 0. The second-order valence-electron chi connectivity index (χ2n) is 9.52. The Labute approximate surface area is 206 Å². The summed E-state index contributed by atoms with van der Waals surface area (Å²) >= 11 is 3.93. The highest BCUT2D eigenvalue weighted by atomic mass is 32.1. The van der Waals surface area contributed by atoms with Gasteiger partial charge >= 0.3 is 0 Å². The minimum absolute atomic E-state index is 1.19. The van der Waals surface area contributed by atoms with Crippen molar-refractivity contribution in [3.63, 3.8) is 0 Å². The molecule has 168 valence electrons. The van der Waals surface area contributed by atoms with Gasteiger partial charge in [0.05, 0.1) is 0 Å². The minimum atomic E-state index is 1.19. The fraction of sp³-hybridized carbons (Fsp3) is 0.290. The lowest BCUT2D eigenvalue weighted by Gasteiger charge is -2.12. The van der Waals surface area contributed by atoms with Crippen LogP contribution in [0.1, 0.15) is 62.4 Å². The molecule has 0 bridgehead atoms. The highest BCUT2D eigenvalue weighted by Crippen LogP contribution is 2.50. The summed E-state index contributed by atoms with van der Waals surface area (Å²) in [5.41, 5.74) is 14.5. The molecule has 0 fully saturated rings. The largest absolute Gasteiger partial charge is 0.140 e. The molecular formula is C31H32S2. The highest BCUT2D eigenvalue weighted by molar-refractivity contribution is 7.16. The van der Waals surface area contributed by atoms with E-state index in [0.29, 0.717) is 0 Å². The lowest BCUT2D eigenvalue weighted by Crippen LogP contribution is -1.92. The molecule has 5 rings (SSSR count). The van der Waals surface area contributed by atoms with Crippen molar-refractivity contribution < 1.29 is 0 Å². The van der Waals surface area contributed by atoms with Crippen molar-refractivity contribution in [1.82, 2.24) is 0 Å². The number of benzene rings is 2. The first-order valence-electron chi connectivity index (χ1n) is 11.9. The standard InChI is InChI=1S/C31H32S2/c1-18-10-14-24(15-11-18)30-20(3)28(22(5)32-30)26-8-7-9-27(26)29-21(4)31(33-23(29)6)25-16-12-19(2)13-17-25/h10-17H,7-9H2,1-6H3. The van der Waals surface area contributed by atoms with Crippen LogP contribution in [0.5, 0.6) is 0 Å². The summed E-state index contributed by atoms with van der Waals surface area (Å²) in [5, 5.41) is 0. The molecule has 0 spiro atoms. The maximum Gasteiger partial charge on any atom is 0.0381 e. The van der Waals surface area contributed by atoms with Gasteiger partial charge in [0.2, 0.25) is 0 Å². The number of rotatable bonds is 4. The molecule has 33 heavy (non-hydrogen) atoms. The summed E-state index contributed by atoms with van der Waals surface area (Å²) in [5.74, 6) is 0. The molecular weight excluding hydrogens is 436 g/mol. The summed E-state index contributed by atoms with van der Waals surface area (Å²) in [6, 6.07) is 18.0. The van der Waals surface area contributed by atoms with Gasteiger partial charge in [0.25, 0.3) is 0 Å². The lowest BCUT2D eigenvalue weighted by molar-refractivity contribution is 0.940. The van der Waals surface area contributed by atoms with Crippen LogP contribution in [-0.2, 0) is 0 Å². The van der Waals surface area contributed by atoms with Gasteiger partial charge in [-0.2, -0.15) is 0 Å². The van der Waals surface area contributed by atoms with Crippen molar-refractivity contribution in [2.75, 3.05) is 0 Å². The van der Waals surface area contributed by atoms with Crippen LogP contribution in [0.15, 0.2) is 48.5 Å². The predicted octanol–water partition coefficient (Wildman–Crippen LogP) is 10.1. The predicted molar refractivity (Wildman–Crippen MR) is 149 cm³/mol. The van der Waals surface area contributed by atoms with Gasteiger partial charge < -0.3 is 0 Å². The van der Waals surface area contributed by atoms with Crippen LogP contribution < -0.4 is 0 Å². The Balaban J connectivity index is 1.64. The number of hydrogen-bond donors (Lipinski definition) is 0. The van der Waals surface area contributed by atoms with E-state index in [1.807, 2.05) is 22.7 Å². The second-order valence-corrected chi connectivity index (χ2v) is 12.0. The van der Waals surface area contributed by atoms with Gasteiger partial charge in [-0.3, -0.25) is 0 Å². The monoisotopic (exact) mass is 468 g/mol. The van der Waals surface area contributed by atoms with E-state index in [0.717, 1.165) is 0 Å². The maximum absolute atomic E-state index is 2.34. The number of thiophene rings is 2. The Kier molecular flexibility index (Phi) is 5.93. The van der Waals surface area contributed by atoms with Gasteiger partial charge in [-0.25, -0.2) is 0 Å². The van der Waals surface area contributed by atoms with E-state index in [1.165, 1.54) is 83.3 Å². The molecule has 1 aliphatic carbocycles. The van der Waals surface area contributed by atoms with Crippen LogP contribution in [0.3, 0.4) is 0 Å². The molecule has 0 N–H and O–H groups in total. The molecule has 0 aliphatic heterocycles. The van der Waals surface area contributed by atoms with Crippen LogP contribution in [0.4, 0.5) is 0 Å². The Morgan fingerprint density at radius 2 is 0.879 bits per heavy atom. The lowest BCUT2D eigenvalue weighted by atomic mass is 9.91. The first kappa shape index (κ1) is 22.4. The molecule has 0 saturated carbocycles. The Morgan fingerprint density at radius 3 is 1.24 bits per heavy atom.